The van der Waals surface area contributed by atoms with Crippen molar-refractivity contribution >= 4 is 11.3 Å². The molecule has 0 aliphatic carbocycles. The Hall–Kier alpha value is -1.32. The third-order valence-corrected chi connectivity index (χ3v) is 3.56. The van der Waals surface area contributed by atoms with Gasteiger partial charge < -0.3 is 10.5 Å². The van der Waals surface area contributed by atoms with Crippen LogP contribution in [0.4, 0.5) is 0 Å². The molecule has 0 saturated heterocycles. The molecule has 0 amide bonds. The van der Waals surface area contributed by atoms with Gasteiger partial charge in [-0.2, -0.15) is 0 Å². The fourth-order valence-corrected chi connectivity index (χ4v) is 2.21. The summed E-state index contributed by atoms with van der Waals surface area (Å²) >= 11 is 1.71. The number of benzene rings is 1. The molecule has 0 unspecified atom stereocenters. The molecule has 90 valence electrons. The zero-order valence-electron chi connectivity index (χ0n) is 9.93. The van der Waals surface area contributed by atoms with Crippen LogP contribution in [0.5, 0.6) is 5.75 Å². The van der Waals surface area contributed by atoms with E-state index in [2.05, 4.69) is 18.4 Å². The molecular formula is C14H17NOS. The molecule has 17 heavy (non-hydrogen) atoms. The molecule has 2 rings (SSSR count). The van der Waals surface area contributed by atoms with Crippen LogP contribution in [0.15, 0.2) is 41.8 Å². The van der Waals surface area contributed by atoms with Crippen LogP contribution in [0.3, 0.4) is 0 Å². The molecule has 0 bridgehead atoms. The van der Waals surface area contributed by atoms with Crippen molar-refractivity contribution in [1.82, 2.24) is 0 Å². The molecule has 1 heterocycles. The van der Waals surface area contributed by atoms with Gasteiger partial charge in [0.25, 0.3) is 0 Å². The van der Waals surface area contributed by atoms with E-state index < -0.39 is 0 Å². The molecule has 0 saturated carbocycles. The first kappa shape index (κ1) is 12.1. The number of rotatable bonds is 5. The highest BCUT2D eigenvalue weighted by atomic mass is 32.1. The number of nitrogens with two attached hydrogens (primary N) is 1. The fraction of sp³-hybridized carbons (Fsp3) is 0.286. The van der Waals surface area contributed by atoms with Gasteiger partial charge >= 0.3 is 0 Å². The molecule has 0 fully saturated rings. The van der Waals surface area contributed by atoms with E-state index in [1.54, 1.807) is 11.3 Å². The summed E-state index contributed by atoms with van der Waals surface area (Å²) in [5, 5.41) is 2.06. The van der Waals surface area contributed by atoms with Gasteiger partial charge in [-0.05, 0) is 35.6 Å². The highest BCUT2D eigenvalue weighted by molar-refractivity contribution is 7.09. The Morgan fingerprint density at radius 3 is 2.59 bits per heavy atom. The van der Waals surface area contributed by atoms with Crippen LogP contribution in [-0.2, 0) is 6.61 Å². The molecular weight excluding hydrogens is 230 g/mol. The molecule has 0 spiro atoms. The lowest BCUT2D eigenvalue weighted by molar-refractivity contribution is 0.309. The van der Waals surface area contributed by atoms with Crippen molar-refractivity contribution in [2.45, 2.75) is 26.0 Å². The van der Waals surface area contributed by atoms with E-state index in [0.29, 0.717) is 6.61 Å². The van der Waals surface area contributed by atoms with Crippen molar-refractivity contribution in [3.63, 3.8) is 0 Å². The predicted octanol–water partition coefficient (Wildman–Crippen LogP) is 3.74. The van der Waals surface area contributed by atoms with Crippen molar-refractivity contribution in [2.24, 2.45) is 5.73 Å². The van der Waals surface area contributed by atoms with Gasteiger partial charge in [0.1, 0.15) is 12.4 Å². The first-order chi connectivity index (χ1) is 8.29. The zero-order valence-corrected chi connectivity index (χ0v) is 10.7. The molecule has 1 aromatic heterocycles. The summed E-state index contributed by atoms with van der Waals surface area (Å²) in [6.45, 7) is 2.72. The Labute approximate surface area is 106 Å². The average molecular weight is 247 g/mol. The van der Waals surface area contributed by atoms with E-state index in [1.165, 1.54) is 4.88 Å². The Bertz CT molecular complexity index is 436. The van der Waals surface area contributed by atoms with E-state index in [4.69, 9.17) is 10.5 Å². The number of ether oxygens (including phenoxy) is 1. The van der Waals surface area contributed by atoms with E-state index in [9.17, 15) is 0 Å². The van der Waals surface area contributed by atoms with Crippen molar-refractivity contribution in [2.75, 3.05) is 0 Å². The van der Waals surface area contributed by atoms with E-state index >= 15 is 0 Å². The summed E-state index contributed by atoms with van der Waals surface area (Å²) in [5.74, 6) is 0.894. The molecule has 0 aliphatic heterocycles. The van der Waals surface area contributed by atoms with Crippen molar-refractivity contribution in [3.05, 3.63) is 52.2 Å². The smallest absolute Gasteiger partial charge is 0.122 e. The van der Waals surface area contributed by atoms with Crippen LogP contribution in [-0.4, -0.2) is 0 Å². The monoisotopic (exact) mass is 247 g/mol. The van der Waals surface area contributed by atoms with Gasteiger partial charge in [-0.25, -0.2) is 0 Å². The standard InChI is InChI=1S/C14H17NOS/c1-2-14(15)11-5-7-12(8-6-11)16-10-13-4-3-9-17-13/h3-9,14H,2,10,15H2,1H3/t14-/m1/s1. The van der Waals surface area contributed by atoms with Gasteiger partial charge in [-0.3, -0.25) is 0 Å². The summed E-state index contributed by atoms with van der Waals surface area (Å²) in [6, 6.07) is 12.3. The second-order valence-corrected chi connectivity index (χ2v) is 4.98. The average Bonchev–Trinajstić information content (AvgIpc) is 2.89. The Balaban J connectivity index is 1.94. The molecule has 2 N–H and O–H groups in total. The van der Waals surface area contributed by atoms with Gasteiger partial charge in [0, 0.05) is 10.9 Å². The Kier molecular flexibility index (Phi) is 4.18. The predicted molar refractivity (Wildman–Crippen MR) is 72.3 cm³/mol. The van der Waals surface area contributed by atoms with Crippen molar-refractivity contribution in [1.29, 1.82) is 0 Å². The van der Waals surface area contributed by atoms with Crippen LogP contribution in [0.2, 0.25) is 0 Å². The number of thiophene rings is 1. The molecule has 2 aromatic rings. The maximum absolute atomic E-state index is 5.96. The molecule has 0 aliphatic rings. The lowest BCUT2D eigenvalue weighted by Gasteiger charge is -2.10. The minimum Gasteiger partial charge on any atom is -0.488 e. The number of hydrogen-bond acceptors (Lipinski definition) is 3. The minimum atomic E-state index is 0.126. The SMILES string of the molecule is CC[C@@H](N)c1ccc(OCc2cccs2)cc1. The van der Waals surface area contributed by atoms with Gasteiger partial charge in [0.2, 0.25) is 0 Å². The molecule has 0 radical (unpaired) electrons. The van der Waals surface area contributed by atoms with E-state index in [-0.39, 0.29) is 6.04 Å². The lowest BCUT2D eigenvalue weighted by Crippen LogP contribution is -2.08. The zero-order chi connectivity index (χ0) is 12.1. The summed E-state index contributed by atoms with van der Waals surface area (Å²) in [4.78, 5) is 1.24. The highest BCUT2D eigenvalue weighted by Crippen LogP contribution is 2.19. The number of hydrogen-bond donors (Lipinski definition) is 1. The van der Waals surface area contributed by atoms with E-state index in [1.807, 2.05) is 30.3 Å². The normalized spacial score (nSPS) is 12.4. The summed E-state index contributed by atoms with van der Waals surface area (Å²) in [5.41, 5.74) is 7.12. The first-order valence-electron chi connectivity index (χ1n) is 5.80. The third kappa shape index (κ3) is 3.32. The maximum atomic E-state index is 5.96. The van der Waals surface area contributed by atoms with Crippen LogP contribution < -0.4 is 10.5 Å². The largest absolute Gasteiger partial charge is 0.488 e. The summed E-state index contributed by atoms with van der Waals surface area (Å²) in [7, 11) is 0. The maximum Gasteiger partial charge on any atom is 0.122 e. The quantitative estimate of drug-likeness (QED) is 0.873. The fourth-order valence-electron chi connectivity index (χ4n) is 1.60. The summed E-state index contributed by atoms with van der Waals surface area (Å²) in [6.07, 6.45) is 0.954. The second-order valence-electron chi connectivity index (χ2n) is 3.95. The van der Waals surface area contributed by atoms with E-state index in [0.717, 1.165) is 17.7 Å². The second kappa shape index (κ2) is 5.84. The van der Waals surface area contributed by atoms with Crippen LogP contribution >= 0.6 is 11.3 Å². The molecule has 3 heteroatoms. The van der Waals surface area contributed by atoms with Crippen molar-refractivity contribution < 1.29 is 4.74 Å². The van der Waals surface area contributed by atoms with Crippen LogP contribution in [0.1, 0.15) is 29.8 Å². The Morgan fingerprint density at radius 2 is 2.00 bits per heavy atom. The van der Waals surface area contributed by atoms with Crippen LogP contribution in [0, 0.1) is 0 Å². The molecule has 1 aromatic carbocycles. The highest BCUT2D eigenvalue weighted by Gasteiger charge is 2.03. The first-order valence-corrected chi connectivity index (χ1v) is 6.68. The molecule has 2 nitrogen and oxygen atoms in total. The minimum absolute atomic E-state index is 0.126. The third-order valence-electron chi connectivity index (χ3n) is 2.71. The van der Waals surface area contributed by atoms with Gasteiger partial charge in [-0.1, -0.05) is 25.1 Å². The van der Waals surface area contributed by atoms with Crippen LogP contribution in [0.25, 0.3) is 0 Å². The Morgan fingerprint density at radius 1 is 1.24 bits per heavy atom. The van der Waals surface area contributed by atoms with Gasteiger partial charge in [0.15, 0.2) is 0 Å². The van der Waals surface area contributed by atoms with Crippen molar-refractivity contribution in [3.8, 4) is 5.75 Å². The topological polar surface area (TPSA) is 35.2 Å². The van der Waals surface area contributed by atoms with Gasteiger partial charge in [-0.15, -0.1) is 11.3 Å². The van der Waals surface area contributed by atoms with Gasteiger partial charge in [0.05, 0.1) is 0 Å². The lowest BCUT2D eigenvalue weighted by atomic mass is 10.1. The summed E-state index contributed by atoms with van der Waals surface area (Å²) < 4.78 is 5.69. The molecule has 1 atom stereocenters.